The van der Waals surface area contributed by atoms with Gasteiger partial charge in [-0.2, -0.15) is 18.2 Å². The number of piperidine rings is 1. The Morgan fingerprint density at radius 3 is 2.56 bits per heavy atom. The van der Waals surface area contributed by atoms with E-state index in [0.29, 0.717) is 23.7 Å². The second-order valence-corrected chi connectivity index (χ2v) is 8.92. The highest BCUT2D eigenvalue weighted by atomic mass is 32.1. The van der Waals surface area contributed by atoms with Crippen molar-refractivity contribution in [1.82, 2.24) is 14.9 Å². The Bertz CT molecular complexity index is 1140. The van der Waals surface area contributed by atoms with Crippen molar-refractivity contribution in [2.24, 2.45) is 0 Å². The maximum Gasteiger partial charge on any atom is 0.418 e. The summed E-state index contributed by atoms with van der Waals surface area (Å²) in [4.78, 5) is 23.6. The number of halogens is 3. The van der Waals surface area contributed by atoms with Crippen LogP contribution in [-0.2, 0) is 0 Å². The molecule has 5 rings (SSSR count). The van der Waals surface area contributed by atoms with Crippen LogP contribution in [0.5, 0.6) is 0 Å². The molecule has 0 aliphatic carbocycles. The number of carbonyl (C=O) groups is 1. The predicted molar refractivity (Wildman–Crippen MR) is 110 cm³/mol. The fourth-order valence-corrected chi connectivity index (χ4v) is 5.27. The number of rotatable bonds is 3. The number of carboxylic acid groups (broad SMARTS) is 1. The van der Waals surface area contributed by atoms with E-state index in [0.717, 1.165) is 19.3 Å². The van der Waals surface area contributed by atoms with E-state index < -0.39 is 18.4 Å². The zero-order chi connectivity index (χ0) is 22.6. The van der Waals surface area contributed by atoms with Crippen molar-refractivity contribution < 1.29 is 32.6 Å². The molecule has 0 saturated carbocycles. The summed E-state index contributed by atoms with van der Waals surface area (Å²) in [5.74, 6) is 0. The number of nitrogens with zero attached hydrogens (tertiary/aromatic N) is 4. The standard InChI is InChI=1S/C20H19F3N4O4S/c21-20(22,23)16(28)10-6-13(17-24-4-5-32-17)15-14(7-10)25-18(31-15)26-8-11-2-1-3-12(9-26)27(11)19(29)30/h4-7,11-12,16,28H,1-3,8-9H2,(H,29,30). The first-order chi connectivity index (χ1) is 15.2. The molecule has 2 aliphatic heterocycles. The van der Waals surface area contributed by atoms with Crippen LogP contribution < -0.4 is 4.90 Å². The molecule has 12 heteroatoms. The lowest BCUT2D eigenvalue weighted by molar-refractivity contribution is -0.206. The van der Waals surface area contributed by atoms with E-state index >= 15 is 0 Å². The molecular weight excluding hydrogens is 449 g/mol. The molecular formula is C20H19F3N4O4S. The fraction of sp³-hybridized carbons (Fsp3) is 0.450. The third-order valence-electron chi connectivity index (χ3n) is 6.00. The molecule has 2 N–H and O–H groups in total. The van der Waals surface area contributed by atoms with Crippen LogP contribution in [-0.4, -0.2) is 62.5 Å². The second kappa shape index (κ2) is 7.62. The van der Waals surface area contributed by atoms with Crippen LogP contribution in [0, 0.1) is 0 Å². The number of thiazole rings is 1. The van der Waals surface area contributed by atoms with E-state index in [9.17, 15) is 28.2 Å². The van der Waals surface area contributed by atoms with Gasteiger partial charge in [0.1, 0.15) is 10.5 Å². The number of aliphatic hydroxyl groups excluding tert-OH is 1. The molecule has 32 heavy (non-hydrogen) atoms. The van der Waals surface area contributed by atoms with E-state index in [2.05, 4.69) is 9.97 Å². The second-order valence-electron chi connectivity index (χ2n) is 8.03. The largest absolute Gasteiger partial charge is 0.465 e. The molecule has 4 heterocycles. The summed E-state index contributed by atoms with van der Waals surface area (Å²) in [6, 6.07) is 2.22. The van der Waals surface area contributed by atoms with E-state index in [-0.39, 0.29) is 34.8 Å². The zero-order valence-corrected chi connectivity index (χ0v) is 17.4. The van der Waals surface area contributed by atoms with Gasteiger partial charge in [-0.15, -0.1) is 11.3 Å². The lowest BCUT2D eigenvalue weighted by Crippen LogP contribution is -2.62. The Hall–Kier alpha value is -2.86. The number of benzene rings is 1. The van der Waals surface area contributed by atoms with E-state index in [1.165, 1.54) is 34.6 Å². The van der Waals surface area contributed by atoms with Gasteiger partial charge in [-0.1, -0.05) is 0 Å². The fourth-order valence-electron chi connectivity index (χ4n) is 4.62. The van der Waals surface area contributed by atoms with Crippen molar-refractivity contribution >= 4 is 34.5 Å². The first-order valence-electron chi connectivity index (χ1n) is 10.1. The van der Waals surface area contributed by atoms with Gasteiger partial charge in [0, 0.05) is 24.7 Å². The summed E-state index contributed by atoms with van der Waals surface area (Å²) in [5.41, 5.74) is 0.428. The lowest BCUT2D eigenvalue weighted by atomic mass is 9.92. The number of hydrogen-bond donors (Lipinski definition) is 2. The number of oxazole rings is 1. The van der Waals surface area contributed by atoms with Gasteiger partial charge in [0.2, 0.25) is 0 Å². The quantitative estimate of drug-likeness (QED) is 0.592. The monoisotopic (exact) mass is 468 g/mol. The van der Waals surface area contributed by atoms with Gasteiger partial charge in [0.25, 0.3) is 6.01 Å². The van der Waals surface area contributed by atoms with Gasteiger partial charge < -0.3 is 19.5 Å². The van der Waals surface area contributed by atoms with Gasteiger partial charge in [-0.3, -0.25) is 4.90 Å². The first-order valence-corrected chi connectivity index (χ1v) is 11.0. The summed E-state index contributed by atoms with van der Waals surface area (Å²) in [5, 5.41) is 21.5. The average Bonchev–Trinajstić information content (AvgIpc) is 3.40. The number of anilines is 1. The number of amides is 1. The summed E-state index contributed by atoms with van der Waals surface area (Å²) < 4.78 is 45.5. The summed E-state index contributed by atoms with van der Waals surface area (Å²) in [6.07, 6.45) is -4.52. The molecule has 2 fully saturated rings. The maximum absolute atomic E-state index is 13.2. The zero-order valence-electron chi connectivity index (χ0n) is 16.6. The number of hydrogen-bond acceptors (Lipinski definition) is 7. The van der Waals surface area contributed by atoms with Gasteiger partial charge in [0.15, 0.2) is 11.7 Å². The smallest absolute Gasteiger partial charge is 0.418 e. The van der Waals surface area contributed by atoms with E-state index in [4.69, 9.17) is 4.42 Å². The average molecular weight is 468 g/mol. The van der Waals surface area contributed by atoms with Crippen molar-refractivity contribution in [3.05, 3.63) is 29.3 Å². The minimum absolute atomic E-state index is 0.178. The minimum Gasteiger partial charge on any atom is -0.465 e. The summed E-state index contributed by atoms with van der Waals surface area (Å²) >= 11 is 1.23. The van der Waals surface area contributed by atoms with Gasteiger partial charge in [-0.05, 0) is 37.0 Å². The van der Waals surface area contributed by atoms with Crippen LogP contribution in [0.1, 0.15) is 30.9 Å². The number of aromatic nitrogens is 2. The molecule has 2 bridgehead atoms. The molecule has 1 aromatic carbocycles. The van der Waals surface area contributed by atoms with Crippen molar-refractivity contribution in [2.75, 3.05) is 18.0 Å². The van der Waals surface area contributed by atoms with Crippen LogP contribution in [0.3, 0.4) is 0 Å². The molecule has 0 spiro atoms. The SMILES string of the molecule is O=C(O)N1C2CCCC1CN(c1nc3cc(C(O)C(F)(F)F)cc(-c4nccs4)c3o1)C2. The Balaban J connectivity index is 1.56. The molecule has 3 atom stereocenters. The number of alkyl halides is 3. The summed E-state index contributed by atoms with van der Waals surface area (Å²) in [7, 11) is 0. The van der Waals surface area contributed by atoms with Crippen molar-refractivity contribution in [2.45, 2.75) is 43.6 Å². The highest BCUT2D eigenvalue weighted by Gasteiger charge is 2.42. The maximum atomic E-state index is 13.2. The van der Waals surface area contributed by atoms with Crippen LogP contribution in [0.25, 0.3) is 21.7 Å². The molecule has 170 valence electrons. The van der Waals surface area contributed by atoms with Gasteiger partial charge >= 0.3 is 12.3 Å². The molecule has 2 aromatic heterocycles. The molecule has 3 aromatic rings. The van der Waals surface area contributed by atoms with Crippen molar-refractivity contribution in [3.63, 3.8) is 0 Å². The molecule has 1 amide bonds. The van der Waals surface area contributed by atoms with E-state index in [1.807, 2.05) is 4.90 Å². The van der Waals surface area contributed by atoms with E-state index in [1.54, 1.807) is 5.38 Å². The van der Waals surface area contributed by atoms with Crippen LogP contribution in [0.15, 0.2) is 28.1 Å². The molecule has 2 aliphatic rings. The van der Waals surface area contributed by atoms with Crippen LogP contribution >= 0.6 is 11.3 Å². The van der Waals surface area contributed by atoms with Gasteiger partial charge in [0.05, 0.1) is 17.6 Å². The van der Waals surface area contributed by atoms with Gasteiger partial charge in [-0.25, -0.2) is 9.78 Å². The third-order valence-corrected chi connectivity index (χ3v) is 6.81. The Morgan fingerprint density at radius 2 is 1.97 bits per heavy atom. The van der Waals surface area contributed by atoms with Crippen molar-refractivity contribution in [1.29, 1.82) is 0 Å². The molecule has 2 saturated heterocycles. The van der Waals surface area contributed by atoms with Crippen LogP contribution in [0.4, 0.5) is 24.0 Å². The molecule has 0 radical (unpaired) electrons. The molecule has 3 unspecified atom stereocenters. The third kappa shape index (κ3) is 3.56. The topological polar surface area (TPSA) is 103 Å². The number of piperazine rings is 1. The predicted octanol–water partition coefficient (Wildman–Crippen LogP) is 4.27. The number of fused-ring (bicyclic) bond motifs is 3. The Labute approximate surface area is 183 Å². The summed E-state index contributed by atoms with van der Waals surface area (Å²) in [6.45, 7) is 0.778. The highest BCUT2D eigenvalue weighted by molar-refractivity contribution is 7.13. The normalized spacial score (nSPS) is 22.4. The van der Waals surface area contributed by atoms with Crippen molar-refractivity contribution in [3.8, 4) is 10.6 Å². The Kier molecular flexibility index (Phi) is 5.01. The number of aliphatic hydroxyl groups is 1. The lowest BCUT2D eigenvalue weighted by Gasteiger charge is -2.48. The van der Waals surface area contributed by atoms with Crippen LogP contribution in [0.2, 0.25) is 0 Å². The highest BCUT2D eigenvalue weighted by Crippen LogP contribution is 2.40. The first kappa shape index (κ1) is 21.0. The molecule has 8 nitrogen and oxygen atoms in total. The minimum atomic E-state index is -4.83. The Morgan fingerprint density at radius 1 is 1.25 bits per heavy atom.